The van der Waals surface area contributed by atoms with E-state index in [4.69, 9.17) is 5.11 Å². The van der Waals surface area contributed by atoms with Gasteiger partial charge in [-0.3, -0.25) is 4.79 Å². The lowest BCUT2D eigenvalue weighted by atomic mass is 10.1. The molecule has 1 aromatic carbocycles. The van der Waals surface area contributed by atoms with Crippen molar-refractivity contribution in [2.45, 2.75) is 10.7 Å². The molecule has 0 aliphatic heterocycles. The molecule has 0 aromatic heterocycles. The molecule has 3 unspecified atom stereocenters. The van der Waals surface area contributed by atoms with Crippen molar-refractivity contribution in [3.63, 3.8) is 0 Å². The molecule has 1 aliphatic carbocycles. The van der Waals surface area contributed by atoms with E-state index >= 15 is 0 Å². The van der Waals surface area contributed by atoms with E-state index in [-0.39, 0.29) is 16.7 Å². The second kappa shape index (κ2) is 3.14. The molecular weight excluding hydrogens is 232 g/mol. The summed E-state index contributed by atoms with van der Waals surface area (Å²) in [6.45, 7) is 0. The Balaban J connectivity index is 2.18. The monoisotopic (exact) mass is 240 g/mol. The fraction of sp³-hybridized carbons (Fsp3) is 0.300. The Morgan fingerprint density at radius 1 is 1.31 bits per heavy atom. The predicted octanol–water partition coefficient (Wildman–Crippen LogP) is 2.25. The van der Waals surface area contributed by atoms with Crippen LogP contribution in [0.4, 0.5) is 0 Å². The zero-order valence-corrected chi connectivity index (χ0v) is 8.44. The van der Waals surface area contributed by atoms with E-state index in [1.165, 1.54) is 0 Å². The maximum atomic E-state index is 10.7. The highest BCUT2D eigenvalue weighted by atomic mass is 79.9. The molecular formula is C10H9BrO2. The van der Waals surface area contributed by atoms with Crippen LogP contribution in [0, 0.1) is 5.92 Å². The number of aliphatic carboxylic acids is 1. The zero-order chi connectivity index (χ0) is 9.42. The topological polar surface area (TPSA) is 37.3 Å². The minimum absolute atomic E-state index is 0.104. The quantitative estimate of drug-likeness (QED) is 0.806. The first-order valence-corrected chi connectivity index (χ1v) is 5.05. The molecule has 1 fully saturated rings. The van der Waals surface area contributed by atoms with Gasteiger partial charge >= 0.3 is 5.97 Å². The van der Waals surface area contributed by atoms with E-state index < -0.39 is 5.97 Å². The molecule has 0 amide bonds. The number of hydrogen-bond donors (Lipinski definition) is 1. The molecule has 1 aromatic rings. The Morgan fingerprint density at radius 3 is 2.38 bits per heavy atom. The van der Waals surface area contributed by atoms with Crippen molar-refractivity contribution in [2.24, 2.45) is 5.92 Å². The number of benzene rings is 1. The van der Waals surface area contributed by atoms with E-state index in [1.807, 2.05) is 30.3 Å². The molecule has 2 rings (SSSR count). The molecule has 1 saturated carbocycles. The average molecular weight is 241 g/mol. The molecule has 1 aliphatic rings. The van der Waals surface area contributed by atoms with Crippen LogP contribution in [-0.2, 0) is 4.79 Å². The van der Waals surface area contributed by atoms with E-state index in [1.54, 1.807) is 0 Å². The molecule has 2 nitrogen and oxygen atoms in total. The Hall–Kier alpha value is -0.830. The highest BCUT2D eigenvalue weighted by Gasteiger charge is 2.54. The van der Waals surface area contributed by atoms with Gasteiger partial charge in [0.2, 0.25) is 0 Å². The second-order valence-corrected chi connectivity index (χ2v) is 4.30. The molecule has 1 N–H and O–H groups in total. The molecule has 13 heavy (non-hydrogen) atoms. The minimum Gasteiger partial charge on any atom is -0.481 e. The Kier molecular flexibility index (Phi) is 2.12. The Bertz CT molecular complexity index is 323. The molecule has 0 bridgehead atoms. The van der Waals surface area contributed by atoms with Gasteiger partial charge in [0.15, 0.2) is 0 Å². The van der Waals surface area contributed by atoms with Gasteiger partial charge in [-0.05, 0) is 5.56 Å². The van der Waals surface area contributed by atoms with Gasteiger partial charge in [-0.25, -0.2) is 0 Å². The van der Waals surface area contributed by atoms with Crippen molar-refractivity contribution in [2.75, 3.05) is 0 Å². The van der Waals surface area contributed by atoms with Gasteiger partial charge in [0.25, 0.3) is 0 Å². The summed E-state index contributed by atoms with van der Waals surface area (Å²) in [5.74, 6) is -0.808. The normalized spacial score (nSPS) is 31.3. The lowest BCUT2D eigenvalue weighted by molar-refractivity contribution is -0.138. The summed E-state index contributed by atoms with van der Waals surface area (Å²) in [6, 6.07) is 9.76. The third-order valence-electron chi connectivity index (χ3n) is 2.40. The SMILES string of the molecule is O=C(O)C1C(Br)C1c1ccccc1. The number of carboxylic acid groups (broad SMARTS) is 1. The Morgan fingerprint density at radius 2 is 1.92 bits per heavy atom. The fourth-order valence-electron chi connectivity index (χ4n) is 1.63. The maximum absolute atomic E-state index is 10.7. The van der Waals surface area contributed by atoms with Crippen molar-refractivity contribution >= 4 is 21.9 Å². The van der Waals surface area contributed by atoms with Gasteiger partial charge in [0, 0.05) is 10.7 Å². The van der Waals surface area contributed by atoms with Crippen molar-refractivity contribution in [1.29, 1.82) is 0 Å². The molecule has 0 radical (unpaired) electrons. The predicted molar refractivity (Wildman–Crippen MR) is 53.0 cm³/mol. The van der Waals surface area contributed by atoms with Crippen LogP contribution >= 0.6 is 15.9 Å². The molecule has 0 heterocycles. The smallest absolute Gasteiger partial charge is 0.308 e. The van der Waals surface area contributed by atoms with Crippen LogP contribution in [-0.4, -0.2) is 15.9 Å². The number of hydrogen-bond acceptors (Lipinski definition) is 1. The first-order chi connectivity index (χ1) is 6.22. The largest absolute Gasteiger partial charge is 0.481 e. The van der Waals surface area contributed by atoms with Crippen molar-refractivity contribution in [3.05, 3.63) is 35.9 Å². The van der Waals surface area contributed by atoms with Crippen LogP contribution in [0.1, 0.15) is 11.5 Å². The van der Waals surface area contributed by atoms with Gasteiger partial charge < -0.3 is 5.11 Å². The third kappa shape index (κ3) is 1.48. The molecule has 68 valence electrons. The highest BCUT2D eigenvalue weighted by Crippen LogP contribution is 2.52. The lowest BCUT2D eigenvalue weighted by Gasteiger charge is -1.95. The van der Waals surface area contributed by atoms with E-state index in [9.17, 15) is 4.79 Å². The van der Waals surface area contributed by atoms with Gasteiger partial charge in [-0.2, -0.15) is 0 Å². The minimum atomic E-state index is -0.712. The first-order valence-electron chi connectivity index (χ1n) is 4.13. The lowest BCUT2D eigenvalue weighted by Crippen LogP contribution is -1.99. The number of alkyl halides is 1. The summed E-state index contributed by atoms with van der Waals surface area (Å²) in [6.07, 6.45) is 0. The average Bonchev–Trinajstić information content (AvgIpc) is 2.79. The molecule has 0 saturated heterocycles. The van der Waals surface area contributed by atoms with Crippen LogP contribution in [0.3, 0.4) is 0 Å². The summed E-state index contributed by atoms with van der Waals surface area (Å²) in [4.78, 5) is 10.8. The maximum Gasteiger partial charge on any atom is 0.308 e. The van der Waals surface area contributed by atoms with Crippen LogP contribution in [0.2, 0.25) is 0 Å². The van der Waals surface area contributed by atoms with E-state index in [0.29, 0.717) is 0 Å². The molecule has 3 heteroatoms. The standard InChI is InChI=1S/C10H9BrO2/c11-9-7(8(9)10(12)13)6-4-2-1-3-5-6/h1-5,7-9H,(H,12,13). The number of carbonyl (C=O) groups is 1. The van der Waals surface area contributed by atoms with Crippen LogP contribution in [0.15, 0.2) is 30.3 Å². The summed E-state index contributed by atoms with van der Waals surface area (Å²) in [7, 11) is 0. The summed E-state index contributed by atoms with van der Waals surface area (Å²) in [5, 5.41) is 8.83. The molecule has 3 atom stereocenters. The van der Waals surface area contributed by atoms with Crippen LogP contribution in [0.5, 0.6) is 0 Å². The summed E-state index contributed by atoms with van der Waals surface area (Å²) in [5.41, 5.74) is 1.11. The van der Waals surface area contributed by atoms with Crippen LogP contribution in [0.25, 0.3) is 0 Å². The Labute approximate surface area is 84.7 Å². The zero-order valence-electron chi connectivity index (χ0n) is 6.85. The summed E-state index contributed by atoms with van der Waals surface area (Å²) < 4.78 is 0. The third-order valence-corrected chi connectivity index (χ3v) is 3.54. The van der Waals surface area contributed by atoms with E-state index in [0.717, 1.165) is 5.56 Å². The van der Waals surface area contributed by atoms with Gasteiger partial charge in [-0.1, -0.05) is 46.3 Å². The number of carboxylic acids is 1. The van der Waals surface area contributed by atoms with Crippen LogP contribution < -0.4 is 0 Å². The fourth-order valence-corrected chi connectivity index (χ4v) is 2.64. The molecule has 0 spiro atoms. The van der Waals surface area contributed by atoms with Crippen molar-refractivity contribution < 1.29 is 9.90 Å². The number of rotatable bonds is 2. The first kappa shape index (κ1) is 8.75. The van der Waals surface area contributed by atoms with Crippen molar-refractivity contribution in [3.8, 4) is 0 Å². The van der Waals surface area contributed by atoms with Crippen molar-refractivity contribution in [1.82, 2.24) is 0 Å². The van der Waals surface area contributed by atoms with Gasteiger partial charge in [-0.15, -0.1) is 0 Å². The highest BCUT2D eigenvalue weighted by molar-refractivity contribution is 9.09. The second-order valence-electron chi connectivity index (χ2n) is 3.24. The number of halogens is 1. The summed E-state index contributed by atoms with van der Waals surface area (Å²) >= 11 is 3.37. The van der Waals surface area contributed by atoms with Gasteiger partial charge in [0.05, 0.1) is 5.92 Å². The van der Waals surface area contributed by atoms with Gasteiger partial charge in [0.1, 0.15) is 0 Å². The van der Waals surface area contributed by atoms with E-state index in [2.05, 4.69) is 15.9 Å².